The predicted octanol–water partition coefficient (Wildman–Crippen LogP) is 3.44. The lowest BCUT2D eigenvalue weighted by molar-refractivity contribution is -0.297. The Bertz CT molecular complexity index is 840. The molecule has 0 atom stereocenters. The van der Waals surface area contributed by atoms with E-state index in [1.54, 1.807) is 12.5 Å². The van der Waals surface area contributed by atoms with E-state index < -0.39 is 11.8 Å². The van der Waals surface area contributed by atoms with Crippen LogP contribution in [0.5, 0.6) is 0 Å². The summed E-state index contributed by atoms with van der Waals surface area (Å²) in [7, 11) is 0. The van der Waals surface area contributed by atoms with Crippen molar-refractivity contribution in [3.63, 3.8) is 0 Å². The molecule has 0 saturated carbocycles. The molecule has 2 N–H and O–H groups in total. The number of dihydropyridines is 1. The van der Waals surface area contributed by atoms with Crippen LogP contribution in [0, 0.1) is 18.7 Å². The molecular weight excluding hydrogens is 345 g/mol. The molecule has 1 aliphatic heterocycles. The number of nitrogens with one attached hydrogen (secondary N) is 2. The SMILES string of the molecule is C=C([O-])[CH+]C1=C2N=C(CCNC(=O)Nc3cccc(F)c3)[CH+]C=C2CCC1. The van der Waals surface area contributed by atoms with Gasteiger partial charge in [0.25, 0.3) is 0 Å². The van der Waals surface area contributed by atoms with Crippen molar-refractivity contribution in [2.75, 3.05) is 11.9 Å². The molecule has 0 bridgehead atoms. The Labute approximate surface area is 158 Å². The average Bonchev–Trinajstić information content (AvgIpc) is 2.62. The second kappa shape index (κ2) is 8.49. The van der Waals surface area contributed by atoms with Crippen LogP contribution in [0.2, 0.25) is 0 Å². The van der Waals surface area contributed by atoms with Crippen molar-refractivity contribution in [1.82, 2.24) is 5.32 Å². The number of nitrogens with zero attached hydrogens (tertiary/aromatic N) is 1. The quantitative estimate of drug-likeness (QED) is 0.598. The maximum absolute atomic E-state index is 13.1. The van der Waals surface area contributed by atoms with Crippen LogP contribution in [0.4, 0.5) is 14.9 Å². The zero-order valence-corrected chi connectivity index (χ0v) is 14.9. The highest BCUT2D eigenvalue weighted by molar-refractivity contribution is 5.97. The second-order valence-electron chi connectivity index (χ2n) is 6.44. The lowest BCUT2D eigenvalue weighted by Crippen LogP contribution is -2.30. The first-order chi connectivity index (χ1) is 13.0. The van der Waals surface area contributed by atoms with Crippen molar-refractivity contribution in [3.05, 3.63) is 78.2 Å². The standard InChI is InChI=1S/C21H20FN3O2/c1-14(26)12-16-5-2-4-15-8-9-18(24-20(15)16)10-11-23-21(27)25-19-7-3-6-17(22)13-19/h3,6-9,12-13H,1-2,4-5,10-11H2,(H-2,23,25,26,27)/p+1. The molecular formula is C21H21FN3O2+. The van der Waals surface area contributed by atoms with Gasteiger partial charge in [-0.3, -0.25) is 0 Å². The molecule has 0 radical (unpaired) electrons. The number of halogens is 1. The van der Waals surface area contributed by atoms with Gasteiger partial charge in [-0.1, -0.05) is 6.07 Å². The number of benzene rings is 1. The van der Waals surface area contributed by atoms with E-state index in [1.807, 2.05) is 12.5 Å². The maximum atomic E-state index is 13.1. The molecule has 0 unspecified atom stereocenters. The van der Waals surface area contributed by atoms with Gasteiger partial charge in [-0.05, 0) is 31.2 Å². The third-order valence-corrected chi connectivity index (χ3v) is 4.32. The molecule has 0 spiro atoms. The number of allylic oxidation sites excluding steroid dienone is 3. The summed E-state index contributed by atoms with van der Waals surface area (Å²) in [6.45, 7) is 3.80. The molecule has 1 aromatic carbocycles. The van der Waals surface area contributed by atoms with Crippen LogP contribution >= 0.6 is 0 Å². The van der Waals surface area contributed by atoms with Crippen molar-refractivity contribution >= 4 is 17.4 Å². The minimum absolute atomic E-state index is 0.222. The molecule has 0 saturated heterocycles. The highest BCUT2D eigenvalue weighted by atomic mass is 19.1. The Hall–Kier alpha value is -3.15. The van der Waals surface area contributed by atoms with Gasteiger partial charge in [0.05, 0.1) is 12.8 Å². The van der Waals surface area contributed by atoms with E-state index in [9.17, 15) is 14.3 Å². The van der Waals surface area contributed by atoms with Gasteiger partial charge >= 0.3 is 6.03 Å². The van der Waals surface area contributed by atoms with Crippen LogP contribution in [0.25, 0.3) is 0 Å². The van der Waals surface area contributed by atoms with Crippen LogP contribution in [0.1, 0.15) is 25.7 Å². The first-order valence-electron chi connectivity index (χ1n) is 8.87. The smallest absolute Gasteiger partial charge is 0.319 e. The van der Waals surface area contributed by atoms with Crippen LogP contribution < -0.4 is 15.7 Å². The fourth-order valence-corrected chi connectivity index (χ4v) is 3.12. The van der Waals surface area contributed by atoms with E-state index in [0.717, 1.165) is 41.8 Å². The third kappa shape index (κ3) is 5.17. The van der Waals surface area contributed by atoms with Gasteiger partial charge in [0.1, 0.15) is 23.2 Å². The molecule has 1 aliphatic carbocycles. The number of rotatable bonds is 6. The van der Waals surface area contributed by atoms with E-state index in [2.05, 4.69) is 22.2 Å². The van der Waals surface area contributed by atoms with Gasteiger partial charge < -0.3 is 15.7 Å². The normalized spacial score (nSPS) is 15.7. The summed E-state index contributed by atoms with van der Waals surface area (Å²) >= 11 is 0. The van der Waals surface area contributed by atoms with E-state index in [4.69, 9.17) is 0 Å². The molecule has 1 heterocycles. The molecule has 3 rings (SSSR count). The first kappa shape index (κ1) is 18.6. The minimum atomic E-state index is -0.407. The number of carbonyl (C=O) groups excluding carboxylic acids is 1. The Kier molecular flexibility index (Phi) is 5.86. The lowest BCUT2D eigenvalue weighted by Gasteiger charge is -2.15. The minimum Gasteiger partial charge on any atom is -0.853 e. The third-order valence-electron chi connectivity index (χ3n) is 4.32. The van der Waals surface area contributed by atoms with Gasteiger partial charge in [-0.25, -0.2) is 9.18 Å². The van der Waals surface area contributed by atoms with Crippen LogP contribution in [0.3, 0.4) is 0 Å². The number of urea groups is 1. The number of carbonyl (C=O) groups is 1. The topological polar surface area (TPSA) is 76.6 Å². The number of hydrogen-bond donors (Lipinski definition) is 2. The zero-order chi connectivity index (χ0) is 19.2. The number of hydrogen-bond acceptors (Lipinski definition) is 3. The van der Waals surface area contributed by atoms with E-state index >= 15 is 0 Å². The summed E-state index contributed by atoms with van der Waals surface area (Å²) in [6.07, 6.45) is 8.84. The summed E-state index contributed by atoms with van der Waals surface area (Å²) < 4.78 is 13.1. The maximum Gasteiger partial charge on any atom is 0.319 e. The summed E-state index contributed by atoms with van der Waals surface area (Å²) in [6, 6.07) is 5.31. The van der Waals surface area contributed by atoms with Gasteiger partial charge in [-0.2, -0.15) is 0 Å². The van der Waals surface area contributed by atoms with Gasteiger partial charge in [0.2, 0.25) is 5.70 Å². The second-order valence-corrected chi connectivity index (χ2v) is 6.44. The molecule has 2 amide bonds. The highest BCUT2D eigenvalue weighted by Crippen LogP contribution is 2.35. The summed E-state index contributed by atoms with van der Waals surface area (Å²) in [4.78, 5) is 16.6. The van der Waals surface area contributed by atoms with Crippen LogP contribution in [0.15, 0.2) is 64.5 Å². The van der Waals surface area contributed by atoms with Gasteiger partial charge in [-0.15, -0.1) is 4.99 Å². The Morgan fingerprint density at radius 3 is 3.04 bits per heavy atom. The Balaban J connectivity index is 1.55. The van der Waals surface area contributed by atoms with Crippen molar-refractivity contribution < 1.29 is 14.3 Å². The van der Waals surface area contributed by atoms with Crippen LogP contribution in [-0.4, -0.2) is 18.3 Å². The van der Waals surface area contributed by atoms with Gasteiger partial charge in [0, 0.05) is 37.3 Å². The fraction of sp³-hybridized carbons (Fsp3) is 0.238. The monoisotopic (exact) mass is 366 g/mol. The summed E-state index contributed by atoms with van der Waals surface area (Å²) in [5, 5.41) is 16.6. The Morgan fingerprint density at radius 1 is 1.41 bits per heavy atom. The lowest BCUT2D eigenvalue weighted by atomic mass is 9.87. The van der Waals surface area contributed by atoms with E-state index in [-0.39, 0.29) is 5.76 Å². The summed E-state index contributed by atoms with van der Waals surface area (Å²) in [5.74, 6) is -0.628. The van der Waals surface area contributed by atoms with Gasteiger partial charge in [0.15, 0.2) is 5.57 Å². The van der Waals surface area contributed by atoms with Crippen molar-refractivity contribution in [2.24, 2.45) is 4.99 Å². The molecule has 6 heteroatoms. The van der Waals surface area contributed by atoms with Crippen molar-refractivity contribution in [2.45, 2.75) is 25.7 Å². The van der Waals surface area contributed by atoms with Crippen molar-refractivity contribution in [3.8, 4) is 0 Å². The highest BCUT2D eigenvalue weighted by Gasteiger charge is 2.32. The predicted molar refractivity (Wildman–Crippen MR) is 102 cm³/mol. The zero-order valence-electron chi connectivity index (χ0n) is 14.9. The molecule has 2 aliphatic rings. The van der Waals surface area contributed by atoms with Crippen LogP contribution in [-0.2, 0) is 0 Å². The van der Waals surface area contributed by atoms with Crippen molar-refractivity contribution in [1.29, 1.82) is 0 Å². The fourth-order valence-electron chi connectivity index (χ4n) is 3.12. The molecule has 1 aromatic rings. The molecule has 0 fully saturated rings. The molecule has 0 aromatic heterocycles. The number of anilines is 1. The number of fused-ring (bicyclic) bond motifs is 1. The summed E-state index contributed by atoms with van der Waals surface area (Å²) in [5.41, 5.74) is 4.15. The molecule has 27 heavy (non-hydrogen) atoms. The van der Waals surface area contributed by atoms with E-state index in [0.29, 0.717) is 18.7 Å². The molecule has 138 valence electrons. The first-order valence-corrected chi connectivity index (χ1v) is 8.87. The largest absolute Gasteiger partial charge is 0.853 e. The molecule has 5 nitrogen and oxygen atoms in total. The Morgan fingerprint density at radius 2 is 2.26 bits per heavy atom. The van der Waals surface area contributed by atoms with E-state index in [1.165, 1.54) is 18.2 Å². The number of aliphatic imine (C=N–C) groups is 1. The average molecular weight is 366 g/mol. The number of amides is 2.